The minimum atomic E-state index is -0.250. The van der Waals surface area contributed by atoms with E-state index in [4.69, 9.17) is 4.74 Å². The average Bonchev–Trinajstić information content (AvgIpc) is 2.88. The van der Waals surface area contributed by atoms with Gasteiger partial charge in [-0.2, -0.15) is 5.10 Å². The molecular weight excluding hydrogens is 490 g/mol. The smallest absolute Gasteiger partial charge is 0.310 e. The van der Waals surface area contributed by atoms with Crippen molar-refractivity contribution in [3.8, 4) is 0 Å². The van der Waals surface area contributed by atoms with Crippen LogP contribution in [0.1, 0.15) is 60.6 Å². The molecule has 0 atom stereocenters. The molecule has 0 radical (unpaired) electrons. The van der Waals surface area contributed by atoms with Crippen LogP contribution in [0, 0.1) is 13.8 Å². The average molecular weight is 534 g/mol. The molecule has 0 spiro atoms. The molecule has 0 unspecified atom stereocenters. The van der Waals surface area contributed by atoms with Crippen molar-refractivity contribution in [3.05, 3.63) is 99.0 Å². The van der Waals surface area contributed by atoms with Gasteiger partial charge in [0.05, 0.1) is 25.3 Å². The van der Waals surface area contributed by atoms with Crippen LogP contribution < -0.4 is 5.56 Å². The standard InChI is InChI=1S/C16H18N2O3.C16H25NO/c1-3-21-16(20)10-13-5-4-6-14(9-13)11-18-15(19)8-7-12(2)17-18;1-14-8-10-15(11-9-14)13-16(18)7-5-4-6-12-17(2)3/h4-9H,3,10-11H2,1-2H3;8-11H,4-7,12-13H2,1-3H3. The Morgan fingerprint density at radius 3 is 2.28 bits per heavy atom. The summed E-state index contributed by atoms with van der Waals surface area (Å²) in [5, 5.41) is 4.20. The summed E-state index contributed by atoms with van der Waals surface area (Å²) in [7, 11) is 4.17. The molecule has 0 fully saturated rings. The number of rotatable bonds is 13. The third-order valence-corrected chi connectivity index (χ3v) is 6.06. The first kappa shape index (κ1) is 31.6. The molecule has 1 heterocycles. The normalized spacial score (nSPS) is 10.6. The molecule has 0 amide bonds. The highest BCUT2D eigenvalue weighted by atomic mass is 16.5. The number of benzene rings is 2. The Labute approximate surface area is 232 Å². The zero-order valence-electron chi connectivity index (χ0n) is 24.1. The molecule has 3 aromatic rings. The maximum Gasteiger partial charge on any atom is 0.310 e. The first-order valence-electron chi connectivity index (χ1n) is 13.7. The zero-order valence-corrected chi connectivity index (χ0v) is 24.1. The molecule has 210 valence electrons. The summed E-state index contributed by atoms with van der Waals surface area (Å²) in [6.45, 7) is 7.57. The van der Waals surface area contributed by atoms with Gasteiger partial charge in [0.15, 0.2) is 0 Å². The number of hydrogen-bond acceptors (Lipinski definition) is 6. The van der Waals surface area contributed by atoms with Crippen LogP contribution in [-0.4, -0.2) is 53.7 Å². The molecule has 2 aromatic carbocycles. The fourth-order valence-electron chi connectivity index (χ4n) is 4.00. The fourth-order valence-corrected chi connectivity index (χ4v) is 4.00. The number of unbranched alkanes of at least 4 members (excludes halogenated alkanes) is 2. The van der Waals surface area contributed by atoms with Crippen LogP contribution in [0.3, 0.4) is 0 Å². The molecule has 39 heavy (non-hydrogen) atoms. The second-order valence-corrected chi connectivity index (χ2v) is 10.1. The predicted molar refractivity (Wildman–Crippen MR) is 156 cm³/mol. The number of ketones is 1. The van der Waals surface area contributed by atoms with Gasteiger partial charge in [0, 0.05) is 18.9 Å². The van der Waals surface area contributed by atoms with Gasteiger partial charge in [0.25, 0.3) is 5.56 Å². The molecule has 7 nitrogen and oxygen atoms in total. The Hall–Kier alpha value is -3.58. The van der Waals surface area contributed by atoms with Crippen molar-refractivity contribution in [3.63, 3.8) is 0 Å². The van der Waals surface area contributed by atoms with Crippen LogP contribution in [0.5, 0.6) is 0 Å². The lowest BCUT2D eigenvalue weighted by Crippen LogP contribution is -2.23. The monoisotopic (exact) mass is 533 g/mol. The molecule has 1 aromatic heterocycles. The number of carbonyl (C=O) groups is 2. The van der Waals surface area contributed by atoms with Crippen LogP contribution in [-0.2, 0) is 33.7 Å². The fraction of sp³-hybridized carbons (Fsp3) is 0.438. The van der Waals surface area contributed by atoms with Gasteiger partial charge in [-0.1, -0.05) is 60.5 Å². The maximum atomic E-state index is 11.8. The Balaban J connectivity index is 0.000000277. The van der Waals surface area contributed by atoms with Gasteiger partial charge in [-0.15, -0.1) is 0 Å². The van der Waals surface area contributed by atoms with Crippen LogP contribution >= 0.6 is 0 Å². The number of aryl methyl sites for hydroxylation is 2. The first-order chi connectivity index (χ1) is 18.7. The molecule has 3 rings (SSSR count). The Morgan fingerprint density at radius 1 is 0.872 bits per heavy atom. The molecule has 0 saturated carbocycles. The largest absolute Gasteiger partial charge is 0.466 e. The highest BCUT2D eigenvalue weighted by Crippen LogP contribution is 2.09. The maximum absolute atomic E-state index is 11.8. The van der Waals surface area contributed by atoms with Gasteiger partial charge in [-0.3, -0.25) is 14.4 Å². The van der Waals surface area contributed by atoms with E-state index in [2.05, 4.69) is 55.3 Å². The lowest BCUT2D eigenvalue weighted by molar-refractivity contribution is -0.142. The Bertz CT molecular complexity index is 1230. The number of Topliss-reactive ketones (excluding diaryl/α,β-unsaturated/α-hetero) is 1. The highest BCUT2D eigenvalue weighted by Gasteiger charge is 2.06. The van der Waals surface area contributed by atoms with E-state index in [9.17, 15) is 14.4 Å². The molecular formula is C32H43N3O4. The number of esters is 1. The summed E-state index contributed by atoms with van der Waals surface area (Å²) in [6.07, 6.45) is 4.91. The third kappa shape index (κ3) is 13.2. The second-order valence-electron chi connectivity index (χ2n) is 10.1. The lowest BCUT2D eigenvalue weighted by atomic mass is 10.0. The Kier molecular flexibility index (Phi) is 13.9. The van der Waals surface area contributed by atoms with Crippen LogP contribution in [0.25, 0.3) is 0 Å². The SMILES string of the molecule is CCOC(=O)Cc1cccc(Cn2nc(C)ccc2=O)c1.Cc1ccc(CC(=O)CCCCCN(C)C)cc1. The van der Waals surface area contributed by atoms with Crippen molar-refractivity contribution in [1.29, 1.82) is 0 Å². The van der Waals surface area contributed by atoms with Gasteiger partial charge in [-0.05, 0) is 77.0 Å². The quantitative estimate of drug-likeness (QED) is 0.229. The third-order valence-electron chi connectivity index (χ3n) is 6.06. The van der Waals surface area contributed by atoms with E-state index < -0.39 is 0 Å². The minimum Gasteiger partial charge on any atom is -0.466 e. The van der Waals surface area contributed by atoms with Crippen molar-refractivity contribution >= 4 is 11.8 Å². The lowest BCUT2D eigenvalue weighted by Gasteiger charge is -2.08. The van der Waals surface area contributed by atoms with Crippen molar-refractivity contribution in [2.24, 2.45) is 0 Å². The van der Waals surface area contributed by atoms with Crippen LogP contribution in [0.15, 0.2) is 65.5 Å². The molecule has 0 N–H and O–H groups in total. The van der Waals surface area contributed by atoms with E-state index in [-0.39, 0.29) is 17.9 Å². The molecule has 7 heteroatoms. The number of hydrogen-bond donors (Lipinski definition) is 0. The molecule has 0 bridgehead atoms. The van der Waals surface area contributed by atoms with E-state index in [1.165, 1.54) is 22.7 Å². The summed E-state index contributed by atoms with van der Waals surface area (Å²) >= 11 is 0. The first-order valence-corrected chi connectivity index (χ1v) is 13.7. The van der Waals surface area contributed by atoms with Gasteiger partial charge in [0.1, 0.15) is 5.78 Å². The van der Waals surface area contributed by atoms with Crippen LogP contribution in [0.2, 0.25) is 0 Å². The van der Waals surface area contributed by atoms with Crippen LogP contribution in [0.4, 0.5) is 0 Å². The number of aromatic nitrogens is 2. The van der Waals surface area contributed by atoms with E-state index in [0.29, 0.717) is 25.4 Å². The van der Waals surface area contributed by atoms with E-state index in [1.807, 2.05) is 31.2 Å². The van der Waals surface area contributed by atoms with Crippen molar-refractivity contribution < 1.29 is 14.3 Å². The topological polar surface area (TPSA) is 81.5 Å². The summed E-state index contributed by atoms with van der Waals surface area (Å²) < 4.78 is 6.35. The second kappa shape index (κ2) is 17.1. The van der Waals surface area contributed by atoms with E-state index >= 15 is 0 Å². The van der Waals surface area contributed by atoms with E-state index in [0.717, 1.165) is 48.2 Å². The van der Waals surface area contributed by atoms with Gasteiger partial charge in [0.2, 0.25) is 0 Å². The molecule has 0 aliphatic carbocycles. The van der Waals surface area contributed by atoms with Gasteiger partial charge >= 0.3 is 5.97 Å². The van der Waals surface area contributed by atoms with Crippen molar-refractivity contribution in [2.75, 3.05) is 27.2 Å². The Morgan fingerprint density at radius 2 is 1.59 bits per heavy atom. The minimum absolute atomic E-state index is 0.142. The van der Waals surface area contributed by atoms with Gasteiger partial charge < -0.3 is 9.64 Å². The summed E-state index contributed by atoms with van der Waals surface area (Å²) in [4.78, 5) is 37.2. The van der Waals surface area contributed by atoms with Crippen molar-refractivity contribution in [2.45, 2.75) is 65.8 Å². The molecule has 0 aliphatic rings. The number of carbonyl (C=O) groups excluding carboxylic acids is 2. The van der Waals surface area contributed by atoms with Crippen molar-refractivity contribution in [1.82, 2.24) is 14.7 Å². The summed E-state index contributed by atoms with van der Waals surface area (Å²) in [5.74, 6) is 0.115. The molecule has 0 aliphatic heterocycles. The number of ether oxygens (including phenoxy) is 1. The predicted octanol–water partition coefficient (Wildman–Crippen LogP) is 4.93. The zero-order chi connectivity index (χ0) is 28.6. The highest BCUT2D eigenvalue weighted by molar-refractivity contribution is 5.80. The summed E-state index contributed by atoms with van der Waals surface area (Å²) in [6, 6.07) is 19.0. The van der Waals surface area contributed by atoms with E-state index in [1.54, 1.807) is 13.0 Å². The van der Waals surface area contributed by atoms with Gasteiger partial charge in [-0.25, -0.2) is 4.68 Å². The summed E-state index contributed by atoms with van der Waals surface area (Å²) in [5.41, 5.74) is 4.83. The molecule has 0 saturated heterocycles. The number of nitrogens with zero attached hydrogens (tertiary/aromatic N) is 3.